The van der Waals surface area contributed by atoms with Gasteiger partial charge in [0.15, 0.2) is 0 Å². The van der Waals surface area contributed by atoms with Crippen LogP contribution in [0.15, 0.2) is 54.6 Å². The van der Waals surface area contributed by atoms with Gasteiger partial charge in [-0.2, -0.15) is 0 Å². The summed E-state index contributed by atoms with van der Waals surface area (Å²) in [6.07, 6.45) is 9.83. The second kappa shape index (κ2) is 7.40. The van der Waals surface area contributed by atoms with Gasteiger partial charge in [0.25, 0.3) is 0 Å². The third kappa shape index (κ3) is 3.21. The Morgan fingerprint density at radius 3 is 2.21 bits per heavy atom. The topological polar surface area (TPSA) is 49.4 Å². The largest absolute Gasteiger partial charge is 0.327 e. The summed E-state index contributed by atoms with van der Waals surface area (Å²) in [5.41, 5.74) is 1.19. The highest BCUT2D eigenvalue weighted by atomic mass is 16.2. The molecule has 0 radical (unpaired) electrons. The van der Waals surface area contributed by atoms with Gasteiger partial charge in [-0.05, 0) is 56.0 Å². The van der Waals surface area contributed by atoms with E-state index in [1.54, 1.807) is 29.2 Å². The van der Waals surface area contributed by atoms with E-state index in [9.17, 15) is 9.59 Å². The molecule has 29 heavy (non-hydrogen) atoms. The van der Waals surface area contributed by atoms with Gasteiger partial charge in [-0.1, -0.05) is 49.1 Å². The Bertz CT molecular complexity index is 953. The molecule has 4 heteroatoms. The lowest BCUT2D eigenvalue weighted by molar-refractivity contribution is -0.159. The van der Waals surface area contributed by atoms with E-state index in [0.717, 1.165) is 36.8 Å². The molecule has 2 aromatic carbocycles. The first kappa shape index (κ1) is 19.3. The van der Waals surface area contributed by atoms with Gasteiger partial charge < -0.3 is 10.2 Å². The normalized spacial score (nSPS) is 22.4. The van der Waals surface area contributed by atoms with Crippen molar-refractivity contribution in [1.29, 1.82) is 0 Å². The Morgan fingerprint density at radius 2 is 1.66 bits per heavy atom. The molecule has 1 aliphatic carbocycles. The number of nitrogens with zero attached hydrogens (tertiary/aromatic N) is 1. The fraction of sp³-hybridized carbons (Fsp3) is 0.360. The number of terminal acetylenes is 1. The first-order valence-electron chi connectivity index (χ1n) is 10.3. The van der Waals surface area contributed by atoms with Crippen molar-refractivity contribution in [3.8, 4) is 12.3 Å². The van der Waals surface area contributed by atoms with Crippen LogP contribution >= 0.6 is 0 Å². The minimum Gasteiger partial charge on any atom is -0.327 e. The van der Waals surface area contributed by atoms with Gasteiger partial charge in [0.05, 0.1) is 5.41 Å². The summed E-state index contributed by atoms with van der Waals surface area (Å²) in [6.45, 7) is 2.49. The van der Waals surface area contributed by atoms with Crippen LogP contribution in [-0.4, -0.2) is 28.8 Å². The van der Waals surface area contributed by atoms with E-state index in [1.165, 1.54) is 0 Å². The molecule has 2 fully saturated rings. The van der Waals surface area contributed by atoms with Gasteiger partial charge in [0.2, 0.25) is 11.8 Å². The third-order valence-corrected chi connectivity index (χ3v) is 6.65. The van der Waals surface area contributed by atoms with Crippen LogP contribution in [0, 0.1) is 12.3 Å². The Labute approximate surface area is 172 Å². The van der Waals surface area contributed by atoms with Crippen molar-refractivity contribution in [3.05, 3.63) is 65.7 Å². The average molecular weight is 386 g/mol. The number of anilines is 1. The van der Waals surface area contributed by atoms with Crippen LogP contribution in [0.4, 0.5) is 5.69 Å². The maximum Gasteiger partial charge on any atom is 0.250 e. The molecule has 1 unspecified atom stereocenters. The second-order valence-corrected chi connectivity index (χ2v) is 8.31. The standard InChI is InChI=1S/C25H26N2O2/c1-3-19-11-13-21(14-12-19)26-22(28)24(2)17-18-27(24)23(29)25(15-7-8-16-25)20-9-5-4-6-10-20/h1,4-6,9-14H,7-8,15-18H2,2H3,(H,26,28). The van der Waals surface area contributed by atoms with E-state index in [0.29, 0.717) is 18.7 Å². The number of hydrogen-bond donors (Lipinski definition) is 1. The van der Waals surface area contributed by atoms with Gasteiger partial charge in [-0.25, -0.2) is 0 Å². The van der Waals surface area contributed by atoms with Crippen molar-refractivity contribution >= 4 is 17.5 Å². The first-order valence-corrected chi connectivity index (χ1v) is 10.3. The van der Waals surface area contributed by atoms with Crippen LogP contribution in [0.25, 0.3) is 0 Å². The predicted molar refractivity (Wildman–Crippen MR) is 114 cm³/mol. The molecule has 1 atom stereocenters. The molecule has 2 amide bonds. The highest BCUT2D eigenvalue weighted by Gasteiger charge is 2.55. The van der Waals surface area contributed by atoms with Crippen molar-refractivity contribution < 1.29 is 9.59 Å². The summed E-state index contributed by atoms with van der Waals surface area (Å²) >= 11 is 0. The number of amides is 2. The number of rotatable bonds is 4. The molecule has 1 aliphatic heterocycles. The number of likely N-dealkylation sites (tertiary alicyclic amines) is 1. The maximum absolute atomic E-state index is 13.7. The van der Waals surface area contributed by atoms with Crippen LogP contribution in [0.3, 0.4) is 0 Å². The highest BCUT2D eigenvalue weighted by molar-refractivity contribution is 6.03. The zero-order chi connectivity index (χ0) is 20.5. The first-order chi connectivity index (χ1) is 14.0. The van der Waals surface area contributed by atoms with Gasteiger partial charge in [0, 0.05) is 17.8 Å². The van der Waals surface area contributed by atoms with E-state index < -0.39 is 11.0 Å². The summed E-state index contributed by atoms with van der Waals surface area (Å²) in [4.78, 5) is 28.6. The summed E-state index contributed by atoms with van der Waals surface area (Å²) < 4.78 is 0. The summed E-state index contributed by atoms with van der Waals surface area (Å²) in [5.74, 6) is 2.51. The quantitative estimate of drug-likeness (QED) is 0.804. The lowest BCUT2D eigenvalue weighted by Gasteiger charge is -2.52. The van der Waals surface area contributed by atoms with Crippen LogP contribution in [-0.2, 0) is 15.0 Å². The Morgan fingerprint density at radius 1 is 1.00 bits per heavy atom. The maximum atomic E-state index is 13.7. The number of hydrogen-bond acceptors (Lipinski definition) is 2. The molecule has 4 nitrogen and oxygen atoms in total. The summed E-state index contributed by atoms with van der Waals surface area (Å²) in [7, 11) is 0. The van der Waals surface area contributed by atoms with E-state index in [1.807, 2.05) is 37.3 Å². The van der Waals surface area contributed by atoms with Gasteiger partial charge >= 0.3 is 0 Å². The molecule has 148 valence electrons. The SMILES string of the molecule is C#Cc1ccc(NC(=O)C2(C)CCN2C(=O)C2(c3ccccc3)CCCC2)cc1. The molecule has 4 rings (SSSR count). The fourth-order valence-electron chi connectivity index (χ4n) is 4.66. The number of carbonyl (C=O) groups excluding carboxylic acids is 2. The van der Waals surface area contributed by atoms with Crippen LogP contribution in [0.1, 0.15) is 50.2 Å². The van der Waals surface area contributed by atoms with Crippen LogP contribution in [0.5, 0.6) is 0 Å². The minimum atomic E-state index is -0.827. The number of nitrogens with one attached hydrogen (secondary N) is 1. The van der Waals surface area contributed by atoms with E-state index in [-0.39, 0.29) is 11.8 Å². The molecule has 2 aliphatic rings. The molecule has 0 bridgehead atoms. The molecule has 1 saturated heterocycles. The zero-order valence-corrected chi connectivity index (χ0v) is 16.8. The van der Waals surface area contributed by atoms with E-state index in [4.69, 9.17) is 6.42 Å². The van der Waals surface area contributed by atoms with E-state index in [2.05, 4.69) is 11.2 Å². The minimum absolute atomic E-state index is 0.0905. The van der Waals surface area contributed by atoms with Crippen molar-refractivity contribution in [2.24, 2.45) is 0 Å². The number of carbonyl (C=O) groups is 2. The van der Waals surface area contributed by atoms with Crippen LogP contribution in [0.2, 0.25) is 0 Å². The van der Waals surface area contributed by atoms with Crippen molar-refractivity contribution in [2.45, 2.75) is 50.0 Å². The van der Waals surface area contributed by atoms with Gasteiger partial charge in [0.1, 0.15) is 5.54 Å². The lowest BCUT2D eigenvalue weighted by Crippen LogP contribution is -2.68. The Kier molecular flexibility index (Phi) is 4.92. The molecule has 1 saturated carbocycles. The van der Waals surface area contributed by atoms with Gasteiger partial charge in [-0.15, -0.1) is 6.42 Å². The fourth-order valence-corrected chi connectivity index (χ4v) is 4.66. The van der Waals surface area contributed by atoms with Gasteiger partial charge in [-0.3, -0.25) is 9.59 Å². The molecule has 1 N–H and O–H groups in total. The smallest absolute Gasteiger partial charge is 0.250 e. The van der Waals surface area contributed by atoms with E-state index >= 15 is 0 Å². The molecular weight excluding hydrogens is 360 g/mol. The lowest BCUT2D eigenvalue weighted by atomic mass is 9.74. The Hall–Kier alpha value is -3.06. The number of benzene rings is 2. The van der Waals surface area contributed by atoms with Crippen molar-refractivity contribution in [3.63, 3.8) is 0 Å². The zero-order valence-electron chi connectivity index (χ0n) is 16.8. The van der Waals surface area contributed by atoms with Crippen LogP contribution < -0.4 is 5.32 Å². The molecular formula is C25H26N2O2. The Balaban J connectivity index is 1.56. The average Bonchev–Trinajstić information content (AvgIpc) is 3.25. The summed E-state index contributed by atoms with van der Waals surface area (Å²) in [6, 6.07) is 17.2. The molecule has 0 spiro atoms. The monoisotopic (exact) mass is 386 g/mol. The molecule has 1 heterocycles. The highest BCUT2D eigenvalue weighted by Crippen LogP contribution is 2.46. The summed E-state index contributed by atoms with van der Waals surface area (Å²) in [5, 5.41) is 2.96. The second-order valence-electron chi connectivity index (χ2n) is 8.31. The third-order valence-electron chi connectivity index (χ3n) is 6.65. The molecule has 0 aromatic heterocycles. The predicted octanol–water partition coefficient (Wildman–Crippen LogP) is 4.11. The van der Waals surface area contributed by atoms with Crippen molar-refractivity contribution in [1.82, 2.24) is 4.90 Å². The van der Waals surface area contributed by atoms with Crippen molar-refractivity contribution in [2.75, 3.05) is 11.9 Å². The molecule has 2 aromatic rings.